The zero-order chi connectivity index (χ0) is 8.81. The van der Waals surface area contributed by atoms with Gasteiger partial charge in [0.1, 0.15) is 5.75 Å². The van der Waals surface area contributed by atoms with E-state index in [1.165, 1.54) is 0 Å². The average Bonchev–Trinajstić information content (AvgIpc) is 2.09. The van der Waals surface area contributed by atoms with Gasteiger partial charge in [0.15, 0.2) is 6.79 Å². The van der Waals surface area contributed by atoms with Crippen molar-refractivity contribution in [2.24, 2.45) is 0 Å². The molecular weight excluding hydrogens is 154 g/mol. The van der Waals surface area contributed by atoms with Crippen LogP contribution in [-0.4, -0.2) is 13.4 Å². The van der Waals surface area contributed by atoms with Crippen LogP contribution in [0.3, 0.4) is 0 Å². The highest BCUT2D eigenvalue weighted by molar-refractivity contribution is 5.41. The third-order valence-electron chi connectivity index (χ3n) is 1.39. The Balaban J connectivity index is 2.37. The van der Waals surface area contributed by atoms with Crippen LogP contribution < -0.4 is 10.5 Å². The van der Waals surface area contributed by atoms with Crippen LogP contribution in [-0.2, 0) is 4.74 Å². The molecule has 0 aromatic heterocycles. The van der Waals surface area contributed by atoms with Gasteiger partial charge in [-0.1, -0.05) is 0 Å². The van der Waals surface area contributed by atoms with Crippen LogP contribution in [0.15, 0.2) is 24.3 Å². The van der Waals surface area contributed by atoms with Crippen molar-refractivity contribution >= 4 is 5.69 Å². The number of nitrogens with two attached hydrogens (primary N) is 1. The maximum absolute atomic E-state index is 5.49. The molecule has 0 aliphatic heterocycles. The molecule has 0 unspecified atom stereocenters. The van der Waals surface area contributed by atoms with Crippen LogP contribution in [0.2, 0.25) is 0 Å². The lowest BCUT2D eigenvalue weighted by Gasteiger charge is -2.05. The van der Waals surface area contributed by atoms with Crippen LogP contribution in [0, 0.1) is 0 Å². The molecule has 0 heterocycles. The second-order valence-electron chi connectivity index (χ2n) is 2.32. The molecule has 3 nitrogen and oxygen atoms in total. The van der Waals surface area contributed by atoms with Gasteiger partial charge in [0.05, 0.1) is 0 Å². The van der Waals surface area contributed by atoms with E-state index in [4.69, 9.17) is 15.2 Å². The highest BCUT2D eigenvalue weighted by atomic mass is 16.7. The summed E-state index contributed by atoms with van der Waals surface area (Å²) in [5.74, 6) is 0.776. The SMILES string of the molecule is CCOCOc1ccc(N)cc1. The summed E-state index contributed by atoms with van der Waals surface area (Å²) in [6.45, 7) is 2.88. The standard InChI is InChI=1S/C9H13NO2/c1-2-11-7-12-9-5-3-8(10)4-6-9/h3-6H,2,7,10H2,1H3. The van der Waals surface area contributed by atoms with Crippen molar-refractivity contribution in [1.82, 2.24) is 0 Å². The molecule has 0 amide bonds. The summed E-state index contributed by atoms with van der Waals surface area (Å²) in [6, 6.07) is 7.21. The summed E-state index contributed by atoms with van der Waals surface area (Å²) in [5.41, 5.74) is 6.23. The largest absolute Gasteiger partial charge is 0.468 e. The highest BCUT2D eigenvalue weighted by Crippen LogP contribution is 2.12. The van der Waals surface area contributed by atoms with E-state index in [0.717, 1.165) is 11.4 Å². The monoisotopic (exact) mass is 167 g/mol. The summed E-state index contributed by atoms with van der Waals surface area (Å²) in [5, 5.41) is 0. The van der Waals surface area contributed by atoms with Crippen molar-refractivity contribution in [1.29, 1.82) is 0 Å². The molecule has 66 valence electrons. The first-order valence-electron chi connectivity index (χ1n) is 3.89. The van der Waals surface area contributed by atoms with Crippen molar-refractivity contribution < 1.29 is 9.47 Å². The fourth-order valence-electron chi connectivity index (χ4n) is 0.757. The first-order chi connectivity index (χ1) is 5.83. The zero-order valence-electron chi connectivity index (χ0n) is 7.12. The van der Waals surface area contributed by atoms with Crippen molar-refractivity contribution in [2.75, 3.05) is 19.1 Å². The van der Waals surface area contributed by atoms with E-state index in [9.17, 15) is 0 Å². The van der Waals surface area contributed by atoms with Crippen LogP contribution in [0.5, 0.6) is 5.75 Å². The van der Waals surface area contributed by atoms with E-state index in [1.54, 1.807) is 12.1 Å². The number of ether oxygens (including phenoxy) is 2. The first-order valence-corrected chi connectivity index (χ1v) is 3.89. The third kappa shape index (κ3) is 2.80. The summed E-state index contributed by atoms with van der Waals surface area (Å²) in [7, 11) is 0. The number of anilines is 1. The van der Waals surface area contributed by atoms with Gasteiger partial charge in [0.25, 0.3) is 0 Å². The number of nitrogen functional groups attached to an aromatic ring is 1. The van der Waals surface area contributed by atoms with Crippen molar-refractivity contribution in [3.63, 3.8) is 0 Å². The van der Waals surface area contributed by atoms with Crippen molar-refractivity contribution in [2.45, 2.75) is 6.92 Å². The lowest BCUT2D eigenvalue weighted by atomic mass is 10.3. The Hall–Kier alpha value is -1.22. The molecule has 2 N–H and O–H groups in total. The molecule has 1 rings (SSSR count). The number of hydrogen-bond acceptors (Lipinski definition) is 3. The molecule has 0 fully saturated rings. The molecule has 0 saturated heterocycles. The summed E-state index contributed by atoms with van der Waals surface area (Å²) >= 11 is 0. The van der Waals surface area contributed by atoms with Gasteiger partial charge in [-0.2, -0.15) is 0 Å². The van der Waals surface area contributed by atoms with Crippen LogP contribution in [0.25, 0.3) is 0 Å². The molecule has 0 radical (unpaired) electrons. The van der Waals surface area contributed by atoms with E-state index >= 15 is 0 Å². The Kier molecular flexibility index (Phi) is 3.41. The minimum atomic E-state index is 0.292. The summed E-state index contributed by atoms with van der Waals surface area (Å²) < 4.78 is 10.2. The predicted molar refractivity (Wildman–Crippen MR) is 48.0 cm³/mol. The van der Waals surface area contributed by atoms with Gasteiger partial charge >= 0.3 is 0 Å². The Labute approximate surface area is 72.1 Å². The van der Waals surface area contributed by atoms with Crippen LogP contribution >= 0.6 is 0 Å². The van der Waals surface area contributed by atoms with Gasteiger partial charge in [-0.05, 0) is 31.2 Å². The average molecular weight is 167 g/mol. The smallest absolute Gasteiger partial charge is 0.189 e. The molecule has 0 aliphatic carbocycles. The minimum absolute atomic E-state index is 0.292. The molecule has 0 spiro atoms. The second-order valence-corrected chi connectivity index (χ2v) is 2.32. The lowest BCUT2D eigenvalue weighted by Crippen LogP contribution is -2.01. The number of hydrogen-bond donors (Lipinski definition) is 1. The van der Waals surface area contributed by atoms with Crippen molar-refractivity contribution in [3.8, 4) is 5.75 Å². The fraction of sp³-hybridized carbons (Fsp3) is 0.333. The Bertz CT molecular complexity index is 220. The van der Waals surface area contributed by atoms with E-state index in [-0.39, 0.29) is 0 Å². The first kappa shape index (κ1) is 8.87. The zero-order valence-corrected chi connectivity index (χ0v) is 7.12. The number of benzene rings is 1. The van der Waals surface area contributed by atoms with Gasteiger partial charge in [-0.15, -0.1) is 0 Å². The van der Waals surface area contributed by atoms with E-state index in [2.05, 4.69) is 0 Å². The molecule has 12 heavy (non-hydrogen) atoms. The van der Waals surface area contributed by atoms with Crippen molar-refractivity contribution in [3.05, 3.63) is 24.3 Å². The maximum Gasteiger partial charge on any atom is 0.189 e. The van der Waals surface area contributed by atoms with E-state index < -0.39 is 0 Å². The lowest BCUT2D eigenvalue weighted by molar-refractivity contribution is 0.0224. The molecule has 0 saturated carbocycles. The van der Waals surface area contributed by atoms with Gasteiger partial charge in [-0.3, -0.25) is 0 Å². The van der Waals surface area contributed by atoms with E-state index in [0.29, 0.717) is 13.4 Å². The van der Waals surface area contributed by atoms with Crippen LogP contribution in [0.1, 0.15) is 6.92 Å². The van der Waals surface area contributed by atoms with Gasteiger partial charge in [-0.25, -0.2) is 0 Å². The van der Waals surface area contributed by atoms with Crippen LogP contribution in [0.4, 0.5) is 5.69 Å². The normalized spacial score (nSPS) is 9.75. The summed E-state index contributed by atoms with van der Waals surface area (Å²) in [6.07, 6.45) is 0. The topological polar surface area (TPSA) is 44.5 Å². The molecule has 0 aliphatic rings. The minimum Gasteiger partial charge on any atom is -0.468 e. The molecule has 1 aromatic carbocycles. The quantitative estimate of drug-likeness (QED) is 0.421. The number of rotatable bonds is 4. The van der Waals surface area contributed by atoms with E-state index in [1.807, 2.05) is 19.1 Å². The fourth-order valence-corrected chi connectivity index (χ4v) is 0.757. The Morgan fingerprint density at radius 2 is 1.92 bits per heavy atom. The summed E-state index contributed by atoms with van der Waals surface area (Å²) in [4.78, 5) is 0. The molecule has 1 aromatic rings. The Morgan fingerprint density at radius 3 is 2.50 bits per heavy atom. The maximum atomic E-state index is 5.49. The second kappa shape index (κ2) is 4.62. The van der Waals surface area contributed by atoms with Gasteiger partial charge in [0.2, 0.25) is 0 Å². The molecular formula is C9H13NO2. The molecule has 0 bridgehead atoms. The van der Waals surface area contributed by atoms with Gasteiger partial charge < -0.3 is 15.2 Å². The third-order valence-corrected chi connectivity index (χ3v) is 1.39. The van der Waals surface area contributed by atoms with Gasteiger partial charge in [0, 0.05) is 12.3 Å². The molecule has 0 atom stereocenters. The highest BCUT2D eigenvalue weighted by Gasteiger charge is 1.91. The Morgan fingerprint density at radius 1 is 1.25 bits per heavy atom. The predicted octanol–water partition coefficient (Wildman–Crippen LogP) is 1.64. The molecule has 3 heteroatoms.